The molecule has 3 radical (unpaired) electrons. The van der Waals surface area contributed by atoms with Crippen molar-refractivity contribution >= 4 is 71.7 Å². The van der Waals surface area contributed by atoms with Gasteiger partial charge >= 0.3 is 5.76 Å². The summed E-state index contributed by atoms with van der Waals surface area (Å²) >= 11 is 1.56. The molecule has 1 fully saturated rings. The lowest BCUT2D eigenvalue weighted by atomic mass is 9.84. The molecule has 4 heterocycles. The number of rotatable bonds is 19. The number of hydrogen-bond donors (Lipinski definition) is 5. The number of carbonyl (C=O) groups is 3. The van der Waals surface area contributed by atoms with Gasteiger partial charge in [0.2, 0.25) is 17.7 Å². The van der Waals surface area contributed by atoms with Gasteiger partial charge in [0.1, 0.15) is 40.4 Å². The third-order valence-electron chi connectivity index (χ3n) is 13.0. The summed E-state index contributed by atoms with van der Waals surface area (Å²) in [6.45, 7) is 9.16. The molecule has 0 saturated carbocycles. The number of aryl methyl sites for hydroxylation is 2. The summed E-state index contributed by atoms with van der Waals surface area (Å²) in [5.41, 5.74) is 12.3. The Morgan fingerprint density at radius 1 is 1.01 bits per heavy atom. The molecule has 3 aromatic heterocycles. The minimum atomic E-state index is -5.08. The van der Waals surface area contributed by atoms with E-state index in [2.05, 4.69) is 47.8 Å². The number of aliphatic hydroxyl groups excluding tert-OH is 1. The van der Waals surface area contributed by atoms with Crippen LogP contribution in [-0.2, 0) is 38.0 Å². The molecular weight excluding hydrogens is 1020 g/mol. The Morgan fingerprint density at radius 3 is 2.37 bits per heavy atom. The van der Waals surface area contributed by atoms with Crippen LogP contribution in [0.1, 0.15) is 101 Å². The first kappa shape index (κ1) is 55.9. The Hall–Kier alpha value is -6.80. The van der Waals surface area contributed by atoms with Crippen LogP contribution in [0, 0.1) is 30.0 Å². The summed E-state index contributed by atoms with van der Waals surface area (Å²) in [4.78, 5) is 52.5. The zero-order chi connectivity index (χ0) is 54.4. The first-order valence-corrected chi connectivity index (χ1v) is 27.2. The van der Waals surface area contributed by atoms with E-state index >= 15 is 0 Å². The number of pyridine rings is 1. The number of amides is 3. The number of aromatic nitrogens is 4. The number of likely N-dealkylation sites (tertiary alicyclic amines) is 1. The third kappa shape index (κ3) is 13.0. The van der Waals surface area contributed by atoms with Gasteiger partial charge in [0.05, 0.1) is 54.6 Å². The monoisotopic (exact) mass is 1080 g/mol. The molecule has 16 nitrogen and oxygen atoms in total. The molecule has 0 spiro atoms. The van der Waals surface area contributed by atoms with E-state index in [9.17, 15) is 41.1 Å². The fourth-order valence-corrected chi connectivity index (χ4v) is 10.3. The zero-order valence-corrected chi connectivity index (χ0v) is 45.0. The lowest BCUT2D eigenvalue weighted by Gasteiger charge is -2.44. The Labute approximate surface area is 441 Å². The van der Waals surface area contributed by atoms with Gasteiger partial charge in [-0.15, -0.1) is 11.3 Å². The van der Waals surface area contributed by atoms with E-state index in [0.717, 1.165) is 34.5 Å². The van der Waals surface area contributed by atoms with Crippen LogP contribution in [-0.4, -0.2) is 95.7 Å². The van der Waals surface area contributed by atoms with Gasteiger partial charge in [-0.2, -0.15) is 13.9 Å². The first-order valence-electron chi connectivity index (χ1n) is 24.3. The number of anilines is 2. The smallest absolute Gasteiger partial charge is 0.355 e. The van der Waals surface area contributed by atoms with Crippen LogP contribution in [0.15, 0.2) is 78.4 Å². The number of carbonyl (C=O) groups excluding carboxylic acids is 3. The van der Waals surface area contributed by atoms with Gasteiger partial charge in [-0.25, -0.2) is 22.8 Å². The molecule has 0 unspecified atom stereocenters. The van der Waals surface area contributed by atoms with E-state index in [-0.39, 0.29) is 49.1 Å². The number of nitrogens with two attached hydrogens (primary N) is 1. The summed E-state index contributed by atoms with van der Waals surface area (Å²) < 4.78 is 74.5. The molecule has 6 N–H and O–H groups in total. The minimum Gasteiger partial charge on any atom is -0.484 e. The van der Waals surface area contributed by atoms with E-state index in [0.29, 0.717) is 52.5 Å². The number of unbranched alkanes of at least 4 members (excludes halogenated alkanes) is 4. The van der Waals surface area contributed by atoms with Crippen molar-refractivity contribution in [2.75, 3.05) is 17.0 Å². The van der Waals surface area contributed by atoms with Crippen LogP contribution in [0.2, 0.25) is 0 Å². The number of nitrogens with one attached hydrogen (secondary N) is 3. The highest BCUT2D eigenvalue weighted by molar-refractivity contribution is 7.93. The van der Waals surface area contributed by atoms with Crippen molar-refractivity contribution in [3.8, 4) is 39.3 Å². The fourth-order valence-electron chi connectivity index (χ4n) is 8.68. The third-order valence-corrected chi connectivity index (χ3v) is 16.0. The molecule has 3 amide bonds. The summed E-state index contributed by atoms with van der Waals surface area (Å²) in [5.74, 6) is 0.919. The molecule has 7 rings (SSSR count). The highest BCUT2D eigenvalue weighted by Crippen LogP contribution is 2.39. The number of hydrogen-bond acceptors (Lipinski definition) is 12. The summed E-state index contributed by atoms with van der Waals surface area (Å²) in [5, 5.41) is 20.1. The predicted octanol–water partition coefficient (Wildman–Crippen LogP) is 7.89. The van der Waals surface area contributed by atoms with E-state index in [1.54, 1.807) is 56.3 Å². The number of benzene rings is 3. The number of halogens is 3. The maximum absolute atomic E-state index is 14.4. The Morgan fingerprint density at radius 2 is 1.71 bits per heavy atom. The molecule has 75 heavy (non-hydrogen) atoms. The van der Waals surface area contributed by atoms with Crippen molar-refractivity contribution in [3.63, 3.8) is 0 Å². The van der Waals surface area contributed by atoms with Gasteiger partial charge in [-0.1, -0.05) is 87.9 Å². The second kappa shape index (κ2) is 23.4. The molecule has 0 aliphatic carbocycles. The van der Waals surface area contributed by atoms with E-state index in [1.807, 2.05) is 35.9 Å². The number of thiazole rings is 1. The second-order valence-electron chi connectivity index (χ2n) is 19.5. The number of aliphatic hydroxyl groups is 1. The summed E-state index contributed by atoms with van der Waals surface area (Å²) in [7, 11) is 0.287. The number of nitrogens with zero attached hydrogens (tertiary/aromatic N) is 5. The van der Waals surface area contributed by atoms with Crippen LogP contribution in [0.4, 0.5) is 24.7 Å². The number of ether oxygens (including phenoxy) is 1. The molecule has 3 aromatic carbocycles. The quantitative estimate of drug-likeness (QED) is 0.0298. The fraction of sp³-hybridized carbons (Fsp3) is 0.396. The SMILES string of the molecule is Cc1ncsc1-c1ccc(CNC(=O)[C@@H]2C[C@@H](O)CN2C(=O)[C@]([Si])(NC(=O)CCCCCCC#Cc2cnc(N)c3c(-c4ccc(NS(=O)(=O)C(F)F)c(O[C@@H](C)c5ccc(F)cc5)c4)nn(C)c23)C(C)(C)C)cc1. The average Bonchev–Trinajstić information content (AvgIpc) is 4.08. The van der Waals surface area contributed by atoms with Crippen LogP contribution >= 0.6 is 11.3 Å². The second-order valence-corrected chi connectivity index (χ2v) is 22.7. The van der Waals surface area contributed by atoms with Crippen LogP contribution in [0.25, 0.3) is 32.6 Å². The first-order chi connectivity index (χ1) is 35.5. The zero-order valence-electron chi connectivity index (χ0n) is 42.3. The molecule has 1 aliphatic rings. The minimum absolute atomic E-state index is 0.0541. The van der Waals surface area contributed by atoms with Gasteiger partial charge < -0.3 is 31.1 Å². The molecule has 0 bridgehead atoms. The van der Waals surface area contributed by atoms with Gasteiger partial charge in [-0.05, 0) is 73.1 Å². The van der Waals surface area contributed by atoms with Gasteiger partial charge in [0.15, 0.2) is 0 Å². The molecule has 1 aliphatic heterocycles. The average molecular weight is 1080 g/mol. The number of alkyl halides is 2. The van der Waals surface area contributed by atoms with E-state index in [4.69, 9.17) is 10.5 Å². The maximum atomic E-state index is 14.4. The van der Waals surface area contributed by atoms with Crippen molar-refractivity contribution < 1.29 is 45.8 Å². The molecule has 4 atom stereocenters. The van der Waals surface area contributed by atoms with Gasteiger partial charge in [0.25, 0.3) is 10.0 Å². The van der Waals surface area contributed by atoms with Crippen molar-refractivity contribution in [2.45, 2.75) is 115 Å². The Balaban J connectivity index is 0.940. The maximum Gasteiger partial charge on any atom is 0.355 e. The number of fused-ring (bicyclic) bond motifs is 1. The lowest BCUT2D eigenvalue weighted by Crippen LogP contribution is -2.68. The molecule has 1 saturated heterocycles. The number of sulfonamides is 1. The normalized spacial score (nSPS) is 16.0. The Kier molecular flexibility index (Phi) is 17.4. The van der Waals surface area contributed by atoms with Gasteiger partial charge in [-0.3, -0.25) is 23.8 Å². The van der Waals surface area contributed by atoms with Crippen molar-refractivity contribution in [2.24, 2.45) is 12.5 Å². The van der Waals surface area contributed by atoms with Crippen LogP contribution in [0.3, 0.4) is 0 Å². The predicted molar refractivity (Wildman–Crippen MR) is 283 cm³/mol. The molecule has 22 heteroatoms. The van der Waals surface area contributed by atoms with E-state index in [1.165, 1.54) is 53.6 Å². The van der Waals surface area contributed by atoms with Crippen molar-refractivity contribution in [3.05, 3.63) is 107 Å². The number of β-amino-alcohol motifs (C(OH)–C–C–N with tert-alkyl or cyclic N) is 1. The van der Waals surface area contributed by atoms with Crippen molar-refractivity contribution in [1.82, 2.24) is 35.3 Å². The van der Waals surface area contributed by atoms with Crippen LogP contribution in [0.5, 0.6) is 5.75 Å². The summed E-state index contributed by atoms with van der Waals surface area (Å²) in [6.07, 6.45) is 3.29. The lowest BCUT2D eigenvalue weighted by molar-refractivity contribution is -0.146. The van der Waals surface area contributed by atoms with Gasteiger partial charge in [0, 0.05) is 51.2 Å². The highest BCUT2D eigenvalue weighted by atomic mass is 32.2. The molecular formula is C53H59F3N9O7S2Si. The number of nitrogen functional groups attached to an aromatic ring is 1. The Bertz CT molecular complexity index is 3230. The van der Waals surface area contributed by atoms with Crippen LogP contribution < -0.4 is 25.8 Å². The van der Waals surface area contributed by atoms with E-state index < -0.39 is 62.2 Å². The van der Waals surface area contributed by atoms with Crippen molar-refractivity contribution in [1.29, 1.82) is 0 Å². The standard InChI is InChI=1S/C53H59F3N9O7S2Si/c1-31-47(73-30-60-31)35-17-15-33(16-18-35)27-59-49(68)41-26-39(66)29-65(41)50(69)53(75,52(3,4)5)61-43(67)14-12-10-8-7-9-11-13-37-28-58-48(57)44-45(62-64(6)46(37)44)36-21-24-40(63-74(70,71)51(55)56)42(25-36)72-32(2)34-19-22-38(54)23-20-34/h15-25,28,30,32,39,41,51,63,66H,7-10,12,14,26-27,29H2,1-6H3,(H2,57,58)(H,59,68)(H,61,67)/t32-,39+,41-,53+/m0/s1. The highest BCUT2D eigenvalue weighted by Gasteiger charge is 2.51. The topological polar surface area (TPSA) is 224 Å². The summed E-state index contributed by atoms with van der Waals surface area (Å²) in [6, 6.07) is 16.5. The largest absolute Gasteiger partial charge is 0.484 e. The molecule has 395 valence electrons. The molecule has 6 aromatic rings.